The zero-order valence-corrected chi connectivity index (χ0v) is 16.3. The van der Waals surface area contributed by atoms with Crippen LogP contribution in [0.4, 0.5) is 24.5 Å². The fourth-order valence-corrected chi connectivity index (χ4v) is 3.27. The van der Waals surface area contributed by atoms with E-state index in [4.69, 9.17) is 4.42 Å². The number of carbonyl (C=O) groups is 1. The van der Waals surface area contributed by atoms with E-state index in [2.05, 4.69) is 15.5 Å². The summed E-state index contributed by atoms with van der Waals surface area (Å²) in [6, 6.07) is 11.8. The predicted octanol–water partition coefficient (Wildman–Crippen LogP) is 4.62. The Morgan fingerprint density at radius 3 is 2.33 bits per heavy atom. The van der Waals surface area contributed by atoms with Gasteiger partial charge in [-0.1, -0.05) is 12.1 Å². The predicted molar refractivity (Wildman–Crippen MR) is 104 cm³/mol. The minimum Gasteiger partial charge on any atom is -0.419 e. The zero-order valence-electron chi connectivity index (χ0n) is 16.3. The number of hydrogen-bond donors (Lipinski definition) is 1. The number of anilines is 2. The second-order valence-corrected chi connectivity index (χ2v) is 7.44. The van der Waals surface area contributed by atoms with Crippen molar-refractivity contribution in [1.82, 2.24) is 15.1 Å². The summed E-state index contributed by atoms with van der Waals surface area (Å²) in [7, 11) is 3.37. The van der Waals surface area contributed by atoms with Crippen LogP contribution in [0.1, 0.15) is 24.3 Å². The minimum atomic E-state index is -4.39. The Bertz CT molecular complexity index is 1070. The van der Waals surface area contributed by atoms with Crippen LogP contribution in [0, 0.1) is 0 Å². The maximum Gasteiger partial charge on any atom is 0.416 e. The first kappa shape index (κ1) is 19.9. The molecule has 0 spiro atoms. The molecule has 1 N–H and O–H groups in total. The fourth-order valence-electron chi connectivity index (χ4n) is 3.27. The van der Waals surface area contributed by atoms with E-state index >= 15 is 0 Å². The van der Waals surface area contributed by atoms with Gasteiger partial charge in [-0.15, -0.1) is 10.2 Å². The Balaban J connectivity index is 1.61. The van der Waals surface area contributed by atoms with Crippen LogP contribution >= 0.6 is 0 Å². The summed E-state index contributed by atoms with van der Waals surface area (Å²) >= 11 is 0. The summed E-state index contributed by atoms with van der Waals surface area (Å²) in [4.78, 5) is 14.0. The molecule has 0 saturated heterocycles. The first-order valence-corrected chi connectivity index (χ1v) is 9.30. The number of amides is 1. The van der Waals surface area contributed by atoms with Gasteiger partial charge in [-0.2, -0.15) is 13.2 Å². The number of likely N-dealkylation sites (N-methyl/N-ethyl adjacent to an activating group) is 1. The van der Waals surface area contributed by atoms with Crippen LogP contribution < -0.4 is 5.32 Å². The van der Waals surface area contributed by atoms with Crippen molar-refractivity contribution in [3.63, 3.8) is 0 Å². The molecule has 1 fully saturated rings. The van der Waals surface area contributed by atoms with Crippen LogP contribution in [0.3, 0.4) is 0 Å². The molecule has 1 aliphatic rings. The summed E-state index contributed by atoms with van der Waals surface area (Å²) < 4.78 is 44.2. The van der Waals surface area contributed by atoms with E-state index in [0.29, 0.717) is 29.8 Å². The highest BCUT2D eigenvalue weighted by Crippen LogP contribution is 2.49. The molecule has 156 valence electrons. The Kier molecular flexibility index (Phi) is 4.76. The number of rotatable bonds is 5. The van der Waals surface area contributed by atoms with E-state index in [0.717, 1.165) is 12.1 Å². The third-order valence-corrected chi connectivity index (χ3v) is 5.05. The normalized spacial score (nSPS) is 15.0. The van der Waals surface area contributed by atoms with Gasteiger partial charge in [0.1, 0.15) is 5.41 Å². The molecule has 1 saturated carbocycles. The second-order valence-electron chi connectivity index (χ2n) is 7.44. The van der Waals surface area contributed by atoms with Gasteiger partial charge >= 0.3 is 6.18 Å². The van der Waals surface area contributed by atoms with Gasteiger partial charge in [0.05, 0.1) is 16.8 Å². The summed E-state index contributed by atoms with van der Waals surface area (Å²) in [6.07, 6.45) is -3.09. The van der Waals surface area contributed by atoms with Gasteiger partial charge in [0.2, 0.25) is 17.7 Å². The number of halogens is 3. The van der Waals surface area contributed by atoms with Crippen LogP contribution in [-0.4, -0.2) is 35.1 Å². The average molecular weight is 416 g/mol. The van der Waals surface area contributed by atoms with Crippen molar-refractivity contribution in [3.8, 4) is 11.5 Å². The number of hydrogen-bond acceptors (Lipinski definition) is 5. The number of para-hydroxylation sites is 1. The highest BCUT2D eigenvalue weighted by atomic mass is 19.4. The Hall–Kier alpha value is -3.36. The molecule has 3 aromatic rings. The van der Waals surface area contributed by atoms with Crippen LogP contribution in [0.15, 0.2) is 52.9 Å². The van der Waals surface area contributed by atoms with E-state index in [1.807, 2.05) is 0 Å². The van der Waals surface area contributed by atoms with E-state index in [1.54, 1.807) is 38.4 Å². The van der Waals surface area contributed by atoms with Crippen LogP contribution in [-0.2, 0) is 16.4 Å². The molecule has 2 aromatic carbocycles. The maximum atomic E-state index is 12.8. The van der Waals surface area contributed by atoms with Crippen molar-refractivity contribution < 1.29 is 22.4 Å². The van der Waals surface area contributed by atoms with Crippen molar-refractivity contribution >= 4 is 17.3 Å². The first-order valence-electron chi connectivity index (χ1n) is 9.30. The van der Waals surface area contributed by atoms with Crippen LogP contribution in [0.2, 0.25) is 0 Å². The zero-order chi connectivity index (χ0) is 21.5. The molecule has 6 nitrogen and oxygen atoms in total. The molecule has 0 atom stereocenters. The van der Waals surface area contributed by atoms with Crippen LogP contribution in [0.25, 0.3) is 11.5 Å². The van der Waals surface area contributed by atoms with Gasteiger partial charge < -0.3 is 14.6 Å². The number of benzene rings is 2. The number of nitrogens with one attached hydrogen (secondary N) is 1. The summed E-state index contributed by atoms with van der Waals surface area (Å²) in [6.45, 7) is 0. The van der Waals surface area contributed by atoms with E-state index in [-0.39, 0.29) is 17.7 Å². The SMILES string of the molecule is CN(C)C(=O)C1(c2nnc(-c3ccccc3Nc3ccc(C(F)(F)F)cc3)o2)CC1. The summed E-state index contributed by atoms with van der Waals surface area (Å²) in [5.41, 5.74) is 0.185. The molecule has 1 amide bonds. The van der Waals surface area contributed by atoms with Gasteiger partial charge in [0.25, 0.3) is 0 Å². The van der Waals surface area contributed by atoms with Gasteiger partial charge in [0.15, 0.2) is 0 Å². The topological polar surface area (TPSA) is 71.3 Å². The minimum absolute atomic E-state index is 0.0751. The molecule has 0 radical (unpaired) electrons. The van der Waals surface area contributed by atoms with Gasteiger partial charge in [-0.25, -0.2) is 0 Å². The smallest absolute Gasteiger partial charge is 0.416 e. The third kappa shape index (κ3) is 3.62. The monoisotopic (exact) mass is 416 g/mol. The highest BCUT2D eigenvalue weighted by molar-refractivity contribution is 5.89. The van der Waals surface area contributed by atoms with Crippen molar-refractivity contribution in [2.24, 2.45) is 0 Å². The molecule has 4 rings (SSSR count). The number of aromatic nitrogens is 2. The van der Waals surface area contributed by atoms with Gasteiger partial charge in [-0.3, -0.25) is 4.79 Å². The van der Waals surface area contributed by atoms with Gasteiger partial charge in [0, 0.05) is 19.8 Å². The molecule has 1 heterocycles. The van der Waals surface area contributed by atoms with Gasteiger partial charge in [-0.05, 0) is 49.2 Å². The molecule has 0 unspecified atom stereocenters. The summed E-state index contributed by atoms with van der Waals surface area (Å²) in [5, 5.41) is 11.3. The van der Waals surface area contributed by atoms with Crippen molar-refractivity contribution in [2.45, 2.75) is 24.4 Å². The average Bonchev–Trinajstić information content (AvgIpc) is 3.37. The fraction of sp³-hybridized carbons (Fsp3) is 0.286. The Labute approximate surface area is 170 Å². The number of alkyl halides is 3. The number of carbonyl (C=O) groups excluding carboxylic acids is 1. The molecular weight excluding hydrogens is 397 g/mol. The summed E-state index contributed by atoms with van der Waals surface area (Å²) in [5.74, 6) is 0.437. The molecule has 9 heteroatoms. The third-order valence-electron chi connectivity index (χ3n) is 5.05. The lowest BCUT2D eigenvalue weighted by molar-refractivity contribution is -0.137. The maximum absolute atomic E-state index is 12.8. The standard InChI is InChI=1S/C21H19F3N4O2/c1-28(2)19(29)20(11-12-20)18-27-26-17(30-18)15-5-3-4-6-16(15)25-14-9-7-13(8-10-14)21(22,23)24/h3-10,25H,11-12H2,1-2H3. The number of nitrogens with zero attached hydrogens (tertiary/aromatic N) is 3. The first-order chi connectivity index (χ1) is 14.2. The van der Waals surface area contributed by atoms with E-state index in [9.17, 15) is 18.0 Å². The van der Waals surface area contributed by atoms with Crippen LogP contribution in [0.5, 0.6) is 0 Å². The highest BCUT2D eigenvalue weighted by Gasteiger charge is 2.56. The van der Waals surface area contributed by atoms with Crippen molar-refractivity contribution in [3.05, 3.63) is 60.0 Å². The molecule has 0 bridgehead atoms. The largest absolute Gasteiger partial charge is 0.419 e. The molecule has 1 aliphatic carbocycles. The lowest BCUT2D eigenvalue weighted by atomic mass is 10.1. The van der Waals surface area contributed by atoms with E-state index < -0.39 is 17.2 Å². The molecule has 1 aromatic heterocycles. The second kappa shape index (κ2) is 7.16. The molecule has 30 heavy (non-hydrogen) atoms. The van der Waals surface area contributed by atoms with E-state index in [1.165, 1.54) is 17.0 Å². The Morgan fingerprint density at radius 2 is 1.73 bits per heavy atom. The quantitative estimate of drug-likeness (QED) is 0.657. The lowest BCUT2D eigenvalue weighted by Gasteiger charge is -2.16. The Morgan fingerprint density at radius 1 is 1.07 bits per heavy atom. The molecule has 0 aliphatic heterocycles. The molecular formula is C21H19F3N4O2. The van der Waals surface area contributed by atoms with Crippen molar-refractivity contribution in [1.29, 1.82) is 0 Å². The van der Waals surface area contributed by atoms with Crippen molar-refractivity contribution in [2.75, 3.05) is 19.4 Å². The lowest BCUT2D eigenvalue weighted by Crippen LogP contribution is -2.33.